The fourth-order valence-electron chi connectivity index (χ4n) is 2.19. The van der Waals surface area contributed by atoms with Crippen LogP contribution < -0.4 is 5.73 Å². The number of nitrogens with zero attached hydrogens (tertiary/aromatic N) is 1. The Bertz CT molecular complexity index is 504. The van der Waals surface area contributed by atoms with Crippen LogP contribution >= 0.6 is 11.3 Å². The first-order valence-electron chi connectivity index (χ1n) is 5.59. The first-order chi connectivity index (χ1) is 7.75. The number of thiophene rings is 1. The second-order valence-electron chi connectivity index (χ2n) is 4.29. The van der Waals surface area contributed by atoms with Gasteiger partial charge in [-0.25, -0.2) is 0 Å². The molecule has 2 aromatic rings. The summed E-state index contributed by atoms with van der Waals surface area (Å²) < 4.78 is 5.02. The molecule has 0 saturated heterocycles. The van der Waals surface area contributed by atoms with E-state index in [2.05, 4.69) is 11.2 Å². The van der Waals surface area contributed by atoms with Gasteiger partial charge in [-0.15, -0.1) is 11.3 Å². The zero-order chi connectivity index (χ0) is 11.1. The Morgan fingerprint density at radius 1 is 1.38 bits per heavy atom. The van der Waals surface area contributed by atoms with Gasteiger partial charge in [-0.05, 0) is 44.2 Å². The summed E-state index contributed by atoms with van der Waals surface area (Å²) in [5, 5.41) is 4.04. The van der Waals surface area contributed by atoms with Gasteiger partial charge in [-0.3, -0.25) is 0 Å². The van der Waals surface area contributed by atoms with E-state index in [-0.39, 0.29) is 0 Å². The number of aromatic nitrogens is 1. The normalized spacial score (nSPS) is 15.1. The summed E-state index contributed by atoms with van der Waals surface area (Å²) in [7, 11) is 0. The van der Waals surface area contributed by atoms with Crippen LogP contribution in [0.25, 0.3) is 10.6 Å². The van der Waals surface area contributed by atoms with E-state index in [1.165, 1.54) is 41.0 Å². The third kappa shape index (κ3) is 1.45. The Kier molecular flexibility index (Phi) is 2.24. The molecule has 2 aromatic heterocycles. The molecule has 3 nitrogen and oxygen atoms in total. The first-order valence-corrected chi connectivity index (χ1v) is 6.41. The molecule has 0 fully saturated rings. The molecule has 4 heteroatoms. The Hall–Kier alpha value is -1.29. The van der Waals surface area contributed by atoms with E-state index in [4.69, 9.17) is 10.3 Å². The minimum atomic E-state index is 0.432. The molecular weight excluding hydrogens is 220 g/mol. The molecule has 84 valence electrons. The molecule has 0 aliphatic heterocycles. The van der Waals surface area contributed by atoms with Crippen molar-refractivity contribution in [3.63, 3.8) is 0 Å². The standard InChI is InChI=1S/C12H14N2OS/c1-7-11(14-15-12(7)13)10-6-8-4-2-3-5-9(8)16-10/h6H,2-5,13H2,1H3. The average molecular weight is 234 g/mol. The highest BCUT2D eigenvalue weighted by Crippen LogP contribution is 2.37. The van der Waals surface area contributed by atoms with Gasteiger partial charge in [0.05, 0.1) is 4.88 Å². The fraction of sp³-hybridized carbons (Fsp3) is 0.417. The van der Waals surface area contributed by atoms with Crippen LogP contribution in [0.5, 0.6) is 0 Å². The molecule has 1 aliphatic carbocycles. The highest BCUT2D eigenvalue weighted by Gasteiger charge is 2.18. The van der Waals surface area contributed by atoms with Crippen molar-refractivity contribution in [1.29, 1.82) is 0 Å². The smallest absolute Gasteiger partial charge is 0.225 e. The van der Waals surface area contributed by atoms with Gasteiger partial charge in [0.25, 0.3) is 0 Å². The Morgan fingerprint density at radius 2 is 2.19 bits per heavy atom. The fourth-order valence-corrected chi connectivity index (χ4v) is 3.48. The molecule has 16 heavy (non-hydrogen) atoms. The lowest BCUT2D eigenvalue weighted by molar-refractivity contribution is 0.439. The largest absolute Gasteiger partial charge is 0.367 e. The van der Waals surface area contributed by atoms with E-state index in [0.29, 0.717) is 5.88 Å². The maximum atomic E-state index is 5.68. The van der Waals surface area contributed by atoms with Crippen LogP contribution in [0, 0.1) is 6.92 Å². The van der Waals surface area contributed by atoms with Crippen molar-refractivity contribution in [2.75, 3.05) is 5.73 Å². The molecule has 0 spiro atoms. The lowest BCUT2D eigenvalue weighted by atomic mass is 9.99. The van der Waals surface area contributed by atoms with Crippen molar-refractivity contribution in [3.05, 3.63) is 22.1 Å². The van der Waals surface area contributed by atoms with Crippen molar-refractivity contribution >= 4 is 17.2 Å². The van der Waals surface area contributed by atoms with Crippen LogP contribution in [0.1, 0.15) is 28.8 Å². The lowest BCUT2D eigenvalue weighted by Crippen LogP contribution is -1.96. The zero-order valence-corrected chi connectivity index (χ0v) is 10.1. The summed E-state index contributed by atoms with van der Waals surface area (Å²) in [6.45, 7) is 1.96. The molecule has 0 unspecified atom stereocenters. The minimum absolute atomic E-state index is 0.432. The topological polar surface area (TPSA) is 52.0 Å². The molecular formula is C12H14N2OS. The van der Waals surface area contributed by atoms with E-state index in [1.807, 2.05) is 18.3 Å². The van der Waals surface area contributed by atoms with Crippen LogP contribution in [-0.4, -0.2) is 5.16 Å². The number of anilines is 1. The summed E-state index contributed by atoms with van der Waals surface area (Å²) >= 11 is 1.84. The second-order valence-corrected chi connectivity index (χ2v) is 5.42. The number of nitrogens with two attached hydrogens (primary N) is 1. The van der Waals surface area contributed by atoms with Crippen LogP contribution in [0.3, 0.4) is 0 Å². The number of fused-ring (bicyclic) bond motifs is 1. The maximum absolute atomic E-state index is 5.68. The van der Waals surface area contributed by atoms with Crippen LogP contribution in [0.2, 0.25) is 0 Å². The lowest BCUT2D eigenvalue weighted by Gasteiger charge is -2.08. The first kappa shape index (κ1) is 9.90. The molecule has 0 aromatic carbocycles. The molecule has 1 aliphatic rings. The highest BCUT2D eigenvalue weighted by molar-refractivity contribution is 7.15. The third-order valence-corrected chi connectivity index (χ3v) is 4.43. The summed E-state index contributed by atoms with van der Waals surface area (Å²) in [5.41, 5.74) is 9.04. The number of aryl methyl sites for hydroxylation is 2. The number of hydrogen-bond acceptors (Lipinski definition) is 4. The Balaban J connectivity index is 2.07. The van der Waals surface area contributed by atoms with E-state index >= 15 is 0 Å². The van der Waals surface area contributed by atoms with Crippen molar-refractivity contribution in [1.82, 2.24) is 5.16 Å². The number of hydrogen-bond donors (Lipinski definition) is 1. The van der Waals surface area contributed by atoms with Gasteiger partial charge in [0, 0.05) is 10.4 Å². The Morgan fingerprint density at radius 3 is 2.88 bits per heavy atom. The number of nitrogen functional groups attached to an aromatic ring is 1. The third-order valence-electron chi connectivity index (χ3n) is 3.19. The molecule has 0 radical (unpaired) electrons. The van der Waals surface area contributed by atoms with E-state index in [9.17, 15) is 0 Å². The van der Waals surface area contributed by atoms with Gasteiger partial charge in [0.2, 0.25) is 5.88 Å². The van der Waals surface area contributed by atoms with Crippen molar-refractivity contribution in [3.8, 4) is 10.6 Å². The van der Waals surface area contributed by atoms with Gasteiger partial charge in [-0.2, -0.15) is 0 Å². The molecule has 0 atom stereocenters. The van der Waals surface area contributed by atoms with Gasteiger partial charge < -0.3 is 10.3 Å². The molecule has 2 N–H and O–H groups in total. The van der Waals surface area contributed by atoms with Crippen molar-refractivity contribution < 1.29 is 4.52 Å². The zero-order valence-electron chi connectivity index (χ0n) is 9.25. The second kappa shape index (κ2) is 3.63. The van der Waals surface area contributed by atoms with Gasteiger partial charge in [0.15, 0.2) is 0 Å². The number of rotatable bonds is 1. The SMILES string of the molecule is Cc1c(-c2cc3c(s2)CCCC3)noc1N. The maximum Gasteiger partial charge on any atom is 0.225 e. The van der Waals surface area contributed by atoms with E-state index < -0.39 is 0 Å². The molecule has 0 saturated carbocycles. The average Bonchev–Trinajstić information content (AvgIpc) is 2.84. The van der Waals surface area contributed by atoms with Gasteiger partial charge in [0.1, 0.15) is 5.69 Å². The molecule has 2 heterocycles. The van der Waals surface area contributed by atoms with E-state index in [1.54, 1.807) is 0 Å². The van der Waals surface area contributed by atoms with Crippen LogP contribution in [0.4, 0.5) is 5.88 Å². The summed E-state index contributed by atoms with van der Waals surface area (Å²) in [5.74, 6) is 0.432. The summed E-state index contributed by atoms with van der Waals surface area (Å²) in [6.07, 6.45) is 5.04. The predicted molar refractivity (Wildman–Crippen MR) is 65.6 cm³/mol. The highest BCUT2D eigenvalue weighted by atomic mass is 32.1. The van der Waals surface area contributed by atoms with Gasteiger partial charge >= 0.3 is 0 Å². The summed E-state index contributed by atoms with van der Waals surface area (Å²) in [6, 6.07) is 2.25. The van der Waals surface area contributed by atoms with E-state index in [0.717, 1.165) is 11.3 Å². The minimum Gasteiger partial charge on any atom is -0.367 e. The quantitative estimate of drug-likeness (QED) is 0.824. The molecule has 0 bridgehead atoms. The van der Waals surface area contributed by atoms with Crippen molar-refractivity contribution in [2.24, 2.45) is 0 Å². The van der Waals surface area contributed by atoms with Crippen LogP contribution in [-0.2, 0) is 12.8 Å². The predicted octanol–water partition coefficient (Wildman–Crippen LogP) is 3.17. The summed E-state index contributed by atoms with van der Waals surface area (Å²) in [4.78, 5) is 2.71. The van der Waals surface area contributed by atoms with Crippen molar-refractivity contribution in [2.45, 2.75) is 32.6 Å². The Labute approximate surface area is 98.3 Å². The molecule has 0 amide bonds. The molecule has 3 rings (SSSR count). The van der Waals surface area contributed by atoms with Crippen LogP contribution in [0.15, 0.2) is 10.6 Å². The van der Waals surface area contributed by atoms with Gasteiger partial charge in [-0.1, -0.05) is 5.16 Å². The monoisotopic (exact) mass is 234 g/mol.